The molecule has 1 aliphatic heterocycles. The molecule has 0 saturated heterocycles. The van der Waals surface area contributed by atoms with Crippen LogP contribution in [0.1, 0.15) is 50.9 Å². The number of nitrogens with zero attached hydrogens (tertiary/aromatic N) is 4. The summed E-state index contributed by atoms with van der Waals surface area (Å²) in [7, 11) is 0. The fourth-order valence-corrected chi connectivity index (χ4v) is 5.93. The summed E-state index contributed by atoms with van der Waals surface area (Å²) in [5, 5.41) is 12.3. The first-order valence-corrected chi connectivity index (χ1v) is 12.9. The molecule has 190 valence electrons. The van der Waals surface area contributed by atoms with Gasteiger partial charge in [-0.1, -0.05) is 53.6 Å². The molecule has 2 aromatic heterocycles. The highest BCUT2D eigenvalue weighted by Gasteiger charge is 2.40. The zero-order valence-corrected chi connectivity index (χ0v) is 21.9. The molecule has 3 heterocycles. The van der Waals surface area contributed by atoms with E-state index >= 15 is 0 Å². The second kappa shape index (κ2) is 9.26. The van der Waals surface area contributed by atoms with Gasteiger partial charge >= 0.3 is 0 Å². The lowest BCUT2D eigenvalue weighted by molar-refractivity contribution is 0.0865. The first kappa shape index (κ1) is 24.1. The molecular formula is C30H26ClN5O2. The Kier molecular flexibility index (Phi) is 5.88. The van der Waals surface area contributed by atoms with E-state index in [4.69, 9.17) is 11.6 Å². The van der Waals surface area contributed by atoms with E-state index in [9.17, 15) is 9.59 Å². The average Bonchev–Trinajstić information content (AvgIpc) is 3.55. The maximum Gasteiger partial charge on any atom is 0.253 e. The van der Waals surface area contributed by atoms with Crippen molar-refractivity contribution < 1.29 is 9.59 Å². The van der Waals surface area contributed by atoms with Crippen molar-refractivity contribution in [3.63, 3.8) is 0 Å². The lowest BCUT2D eigenvalue weighted by Crippen LogP contribution is -2.51. The van der Waals surface area contributed by atoms with Crippen molar-refractivity contribution in [2.45, 2.75) is 38.8 Å². The van der Waals surface area contributed by atoms with E-state index < -0.39 is 5.54 Å². The van der Waals surface area contributed by atoms with Crippen LogP contribution in [-0.2, 0) is 18.5 Å². The SMILES string of the molecule is CC(=O)c1c2n(c3ccc(C)cc13)C[C@@](NC(=O)c1ccc(-n3cnnc3)cc1Cl)(c1ccccc1)CC2. The van der Waals surface area contributed by atoms with E-state index in [1.807, 2.05) is 43.3 Å². The molecule has 3 aromatic carbocycles. The van der Waals surface area contributed by atoms with Gasteiger partial charge in [-0.05, 0) is 62.6 Å². The fourth-order valence-electron chi connectivity index (χ4n) is 5.67. The van der Waals surface area contributed by atoms with Crippen LogP contribution in [0, 0.1) is 6.92 Å². The third-order valence-corrected chi connectivity index (χ3v) is 7.80. The molecule has 0 unspecified atom stereocenters. The second-order valence-corrected chi connectivity index (χ2v) is 10.3. The number of fused-ring (bicyclic) bond motifs is 3. The molecular weight excluding hydrogens is 498 g/mol. The Labute approximate surface area is 225 Å². The molecule has 0 spiro atoms. The van der Waals surface area contributed by atoms with Gasteiger partial charge in [0, 0.05) is 27.8 Å². The van der Waals surface area contributed by atoms with Crippen molar-refractivity contribution in [1.29, 1.82) is 0 Å². The Bertz CT molecular complexity index is 1690. The molecule has 0 aliphatic carbocycles. The first-order valence-electron chi connectivity index (χ1n) is 12.5. The van der Waals surface area contributed by atoms with Gasteiger partial charge in [0.1, 0.15) is 12.7 Å². The second-order valence-electron chi connectivity index (χ2n) is 9.92. The van der Waals surface area contributed by atoms with E-state index in [-0.39, 0.29) is 11.7 Å². The smallest absolute Gasteiger partial charge is 0.253 e. The maximum atomic E-state index is 13.8. The topological polar surface area (TPSA) is 81.8 Å². The molecule has 38 heavy (non-hydrogen) atoms. The highest BCUT2D eigenvalue weighted by molar-refractivity contribution is 6.34. The quantitative estimate of drug-likeness (QED) is 0.301. The molecule has 8 heteroatoms. The number of benzene rings is 3. The van der Waals surface area contributed by atoms with Crippen molar-refractivity contribution in [1.82, 2.24) is 24.6 Å². The van der Waals surface area contributed by atoms with Gasteiger partial charge in [-0.15, -0.1) is 10.2 Å². The van der Waals surface area contributed by atoms with Crippen LogP contribution in [0.25, 0.3) is 16.6 Å². The van der Waals surface area contributed by atoms with Gasteiger partial charge in [-0.3, -0.25) is 14.2 Å². The van der Waals surface area contributed by atoms with Crippen molar-refractivity contribution in [3.05, 3.63) is 112 Å². The summed E-state index contributed by atoms with van der Waals surface area (Å²) < 4.78 is 3.94. The number of halogens is 1. The van der Waals surface area contributed by atoms with Crippen LogP contribution in [0.2, 0.25) is 5.02 Å². The molecule has 1 N–H and O–H groups in total. The van der Waals surface area contributed by atoms with Gasteiger partial charge in [0.05, 0.1) is 22.7 Å². The molecule has 1 amide bonds. The van der Waals surface area contributed by atoms with Gasteiger partial charge in [0.2, 0.25) is 0 Å². The summed E-state index contributed by atoms with van der Waals surface area (Å²) in [6.45, 7) is 4.17. The molecule has 7 nitrogen and oxygen atoms in total. The van der Waals surface area contributed by atoms with Crippen molar-refractivity contribution >= 4 is 34.2 Å². The van der Waals surface area contributed by atoms with Gasteiger partial charge < -0.3 is 9.88 Å². The monoisotopic (exact) mass is 523 g/mol. The zero-order chi connectivity index (χ0) is 26.4. The predicted octanol–water partition coefficient (Wildman–Crippen LogP) is 5.66. The van der Waals surface area contributed by atoms with E-state index in [1.54, 1.807) is 36.3 Å². The Morgan fingerprint density at radius 1 is 1.00 bits per heavy atom. The highest BCUT2D eigenvalue weighted by atomic mass is 35.5. The Morgan fingerprint density at radius 2 is 1.76 bits per heavy atom. The Morgan fingerprint density at radius 3 is 2.47 bits per heavy atom. The van der Waals surface area contributed by atoms with Crippen LogP contribution in [0.15, 0.2) is 79.4 Å². The predicted molar refractivity (Wildman–Crippen MR) is 147 cm³/mol. The van der Waals surface area contributed by atoms with Crippen LogP contribution < -0.4 is 5.32 Å². The van der Waals surface area contributed by atoms with Crippen LogP contribution in [-0.4, -0.2) is 31.0 Å². The number of hydrogen-bond donors (Lipinski definition) is 1. The summed E-state index contributed by atoms with van der Waals surface area (Å²) >= 11 is 6.60. The maximum absolute atomic E-state index is 13.8. The van der Waals surface area contributed by atoms with Gasteiger partial charge in [-0.25, -0.2) is 0 Å². The minimum atomic E-state index is -0.688. The first-order chi connectivity index (χ1) is 18.4. The summed E-state index contributed by atoms with van der Waals surface area (Å²) in [4.78, 5) is 26.5. The average molecular weight is 524 g/mol. The highest BCUT2D eigenvalue weighted by Crippen LogP contribution is 2.40. The summed E-state index contributed by atoms with van der Waals surface area (Å²) in [5.41, 5.74) is 5.39. The number of ketones is 1. The van der Waals surface area contributed by atoms with Crippen LogP contribution in [0.4, 0.5) is 0 Å². The van der Waals surface area contributed by atoms with Crippen molar-refractivity contribution in [2.24, 2.45) is 0 Å². The number of Topliss-reactive ketones (excluding diaryl/α,β-unsaturated/α-hetero) is 1. The normalized spacial score (nSPS) is 16.8. The minimum Gasteiger partial charge on any atom is -0.341 e. The molecule has 6 rings (SSSR count). The van der Waals surface area contributed by atoms with Crippen molar-refractivity contribution in [3.8, 4) is 5.69 Å². The summed E-state index contributed by atoms with van der Waals surface area (Å²) in [6.07, 6.45) is 4.45. The van der Waals surface area contributed by atoms with E-state index in [1.165, 1.54) is 0 Å². The lowest BCUT2D eigenvalue weighted by atomic mass is 9.81. The van der Waals surface area contributed by atoms with Crippen molar-refractivity contribution in [2.75, 3.05) is 0 Å². The Balaban J connectivity index is 1.43. The van der Waals surface area contributed by atoms with Gasteiger partial charge in [0.25, 0.3) is 5.91 Å². The number of nitrogens with one attached hydrogen (secondary N) is 1. The van der Waals surface area contributed by atoms with Crippen LogP contribution in [0.5, 0.6) is 0 Å². The van der Waals surface area contributed by atoms with E-state index in [0.717, 1.165) is 39.0 Å². The summed E-state index contributed by atoms with van der Waals surface area (Å²) in [6, 6.07) is 21.5. The largest absolute Gasteiger partial charge is 0.341 e. The summed E-state index contributed by atoms with van der Waals surface area (Å²) in [5.74, 6) is -0.192. The molecule has 5 aromatic rings. The third-order valence-electron chi connectivity index (χ3n) is 7.49. The van der Waals surface area contributed by atoms with Crippen LogP contribution in [0.3, 0.4) is 0 Å². The molecule has 0 bridgehead atoms. The zero-order valence-electron chi connectivity index (χ0n) is 21.1. The van der Waals surface area contributed by atoms with Crippen LogP contribution >= 0.6 is 11.6 Å². The Hall–Kier alpha value is -4.23. The van der Waals surface area contributed by atoms with Gasteiger partial charge in [0.15, 0.2) is 5.78 Å². The number of carbonyl (C=O) groups excluding carboxylic acids is 2. The number of rotatable bonds is 5. The molecule has 0 radical (unpaired) electrons. The standard InChI is InChI=1S/C30H26ClN5O2/c1-19-8-11-26-24(14-19)28(20(2)37)27-12-13-30(16-36(26)27,21-6-4-3-5-7-21)34-29(38)23-10-9-22(15-25(23)31)35-17-32-33-18-35/h3-11,14-15,17-18H,12-13,16H2,1-2H3,(H,34,38)/t30-/m1/s1. The molecule has 0 fully saturated rings. The number of amides is 1. The minimum absolute atomic E-state index is 0.0607. The number of hydrogen-bond acceptors (Lipinski definition) is 4. The number of carbonyl (C=O) groups is 2. The van der Waals surface area contributed by atoms with E-state index in [2.05, 4.69) is 38.3 Å². The lowest BCUT2D eigenvalue weighted by Gasteiger charge is -2.40. The van der Waals surface area contributed by atoms with Gasteiger partial charge in [-0.2, -0.15) is 0 Å². The molecule has 1 aliphatic rings. The fraction of sp³-hybridized carbons (Fsp3) is 0.200. The number of aromatic nitrogens is 4. The number of aryl methyl sites for hydroxylation is 1. The molecule has 0 saturated carbocycles. The van der Waals surface area contributed by atoms with E-state index in [0.29, 0.717) is 30.0 Å². The third kappa shape index (κ3) is 4.00. The molecule has 1 atom stereocenters.